The molecular weight excluding hydrogens is 368 g/mol. The molecule has 0 atom stereocenters. The van der Waals surface area contributed by atoms with Crippen LogP contribution in [0, 0.1) is 13.8 Å². The summed E-state index contributed by atoms with van der Waals surface area (Å²) < 4.78 is 0.920. The van der Waals surface area contributed by atoms with Crippen LogP contribution < -0.4 is 10.6 Å². The van der Waals surface area contributed by atoms with Crippen LogP contribution in [0.5, 0.6) is 0 Å². The van der Waals surface area contributed by atoms with Crippen molar-refractivity contribution in [2.45, 2.75) is 33.6 Å². The van der Waals surface area contributed by atoms with Gasteiger partial charge in [-0.15, -0.1) is 0 Å². The van der Waals surface area contributed by atoms with Crippen LogP contribution in [-0.4, -0.2) is 11.8 Å². The van der Waals surface area contributed by atoms with Crippen molar-refractivity contribution in [3.05, 3.63) is 57.6 Å². The maximum Gasteiger partial charge on any atom is 0.314 e. The third-order valence-corrected chi connectivity index (χ3v) is 4.30. The number of anilines is 2. The number of carbonyl (C=O) groups excluding carboxylic acids is 2. The van der Waals surface area contributed by atoms with Gasteiger partial charge in [-0.05, 0) is 54.7 Å². The fourth-order valence-corrected chi connectivity index (χ4v) is 2.93. The number of rotatable bonds is 3. The van der Waals surface area contributed by atoms with Crippen LogP contribution in [0.2, 0.25) is 0 Å². The summed E-state index contributed by atoms with van der Waals surface area (Å²) >= 11 is 3.37. The Labute approximate surface area is 150 Å². The van der Waals surface area contributed by atoms with Crippen molar-refractivity contribution in [2.24, 2.45) is 0 Å². The van der Waals surface area contributed by atoms with E-state index in [0.717, 1.165) is 21.2 Å². The Bertz CT molecular complexity index is 785. The number of amides is 2. The fraction of sp³-hybridized carbons (Fsp3) is 0.263. The van der Waals surface area contributed by atoms with Gasteiger partial charge in [0.05, 0.1) is 0 Å². The molecule has 2 N–H and O–H groups in total. The molecule has 24 heavy (non-hydrogen) atoms. The number of hydrogen-bond donors (Lipinski definition) is 2. The molecule has 0 fully saturated rings. The Balaban J connectivity index is 2.17. The SMILES string of the molecule is Cc1cc(Br)ccc1NC(=O)C(=O)Nc1c(C)cccc1C(C)C. The first-order valence-electron chi connectivity index (χ1n) is 7.77. The van der Waals surface area contributed by atoms with E-state index in [2.05, 4.69) is 40.4 Å². The van der Waals surface area contributed by atoms with Crippen molar-refractivity contribution in [1.82, 2.24) is 0 Å². The Morgan fingerprint density at radius 2 is 1.62 bits per heavy atom. The summed E-state index contributed by atoms with van der Waals surface area (Å²) in [6.07, 6.45) is 0. The van der Waals surface area contributed by atoms with E-state index < -0.39 is 11.8 Å². The Kier molecular flexibility index (Phi) is 5.78. The van der Waals surface area contributed by atoms with Crippen LogP contribution in [0.3, 0.4) is 0 Å². The molecule has 0 aliphatic carbocycles. The second-order valence-electron chi connectivity index (χ2n) is 6.06. The maximum atomic E-state index is 12.3. The number of benzene rings is 2. The van der Waals surface area contributed by atoms with E-state index in [1.54, 1.807) is 6.07 Å². The number of nitrogens with one attached hydrogen (secondary N) is 2. The largest absolute Gasteiger partial charge is 0.318 e. The Morgan fingerprint density at radius 1 is 0.958 bits per heavy atom. The smallest absolute Gasteiger partial charge is 0.314 e. The number of para-hydroxylation sites is 1. The predicted molar refractivity (Wildman–Crippen MR) is 101 cm³/mol. The lowest BCUT2D eigenvalue weighted by Crippen LogP contribution is -2.30. The van der Waals surface area contributed by atoms with E-state index in [1.165, 1.54) is 0 Å². The van der Waals surface area contributed by atoms with E-state index in [1.807, 2.05) is 44.2 Å². The van der Waals surface area contributed by atoms with Gasteiger partial charge < -0.3 is 10.6 Å². The molecule has 0 saturated carbocycles. The molecule has 0 aliphatic rings. The van der Waals surface area contributed by atoms with Crippen LogP contribution in [0.4, 0.5) is 11.4 Å². The molecule has 2 rings (SSSR count). The van der Waals surface area contributed by atoms with Gasteiger partial charge in [-0.1, -0.05) is 48.0 Å². The molecule has 0 aromatic heterocycles. The van der Waals surface area contributed by atoms with Crippen molar-refractivity contribution >= 4 is 39.1 Å². The van der Waals surface area contributed by atoms with Gasteiger partial charge in [-0.3, -0.25) is 9.59 Å². The third-order valence-electron chi connectivity index (χ3n) is 3.81. The van der Waals surface area contributed by atoms with Crippen molar-refractivity contribution in [2.75, 3.05) is 10.6 Å². The van der Waals surface area contributed by atoms with Gasteiger partial charge in [0.1, 0.15) is 0 Å². The van der Waals surface area contributed by atoms with Gasteiger partial charge in [-0.2, -0.15) is 0 Å². The van der Waals surface area contributed by atoms with Crippen LogP contribution in [0.25, 0.3) is 0 Å². The second kappa shape index (κ2) is 7.62. The monoisotopic (exact) mass is 388 g/mol. The highest BCUT2D eigenvalue weighted by Gasteiger charge is 2.18. The number of carbonyl (C=O) groups is 2. The number of aryl methyl sites for hydroxylation is 2. The van der Waals surface area contributed by atoms with Gasteiger partial charge in [0, 0.05) is 15.8 Å². The zero-order valence-electron chi connectivity index (χ0n) is 14.2. The van der Waals surface area contributed by atoms with Crippen LogP contribution >= 0.6 is 15.9 Å². The first-order chi connectivity index (χ1) is 11.3. The average molecular weight is 389 g/mol. The number of halogens is 1. The molecule has 0 spiro atoms. The molecule has 0 radical (unpaired) electrons. The quantitative estimate of drug-likeness (QED) is 0.744. The minimum atomic E-state index is -0.682. The molecular formula is C19H21BrN2O2. The summed E-state index contributed by atoms with van der Waals surface area (Å²) in [5, 5.41) is 5.40. The maximum absolute atomic E-state index is 12.3. The Morgan fingerprint density at radius 3 is 2.25 bits per heavy atom. The van der Waals surface area contributed by atoms with Gasteiger partial charge >= 0.3 is 11.8 Å². The van der Waals surface area contributed by atoms with Crippen molar-refractivity contribution in [1.29, 1.82) is 0 Å². The molecule has 0 saturated heterocycles. The van der Waals surface area contributed by atoms with Crippen LogP contribution in [0.15, 0.2) is 40.9 Å². The first-order valence-corrected chi connectivity index (χ1v) is 8.57. The lowest BCUT2D eigenvalue weighted by Gasteiger charge is -2.16. The van der Waals surface area contributed by atoms with Crippen LogP contribution in [0.1, 0.15) is 36.5 Å². The molecule has 4 nitrogen and oxygen atoms in total. The normalized spacial score (nSPS) is 10.6. The minimum absolute atomic E-state index is 0.247. The zero-order chi connectivity index (χ0) is 17.9. The predicted octanol–water partition coefficient (Wildman–Crippen LogP) is 4.77. The summed E-state index contributed by atoms with van der Waals surface area (Å²) in [4.78, 5) is 24.5. The molecule has 2 amide bonds. The molecule has 0 unspecified atom stereocenters. The fourth-order valence-electron chi connectivity index (χ4n) is 2.46. The van der Waals surface area contributed by atoms with Gasteiger partial charge in [0.25, 0.3) is 0 Å². The van der Waals surface area contributed by atoms with Crippen molar-refractivity contribution in [3.63, 3.8) is 0 Å². The van der Waals surface area contributed by atoms with E-state index in [0.29, 0.717) is 11.4 Å². The lowest BCUT2D eigenvalue weighted by atomic mass is 9.98. The lowest BCUT2D eigenvalue weighted by molar-refractivity contribution is -0.133. The second-order valence-corrected chi connectivity index (χ2v) is 6.98. The summed E-state index contributed by atoms with van der Waals surface area (Å²) in [6, 6.07) is 11.3. The molecule has 0 aliphatic heterocycles. The molecule has 2 aromatic carbocycles. The van der Waals surface area contributed by atoms with Crippen molar-refractivity contribution in [3.8, 4) is 0 Å². The third kappa shape index (κ3) is 4.23. The standard InChI is InChI=1S/C19H21BrN2O2/c1-11(2)15-7-5-6-12(3)17(15)22-19(24)18(23)21-16-9-8-14(20)10-13(16)4/h5-11H,1-4H3,(H,21,23)(H,22,24). The highest BCUT2D eigenvalue weighted by atomic mass is 79.9. The van der Waals surface area contributed by atoms with Gasteiger partial charge in [0.15, 0.2) is 0 Å². The van der Waals surface area contributed by atoms with E-state index >= 15 is 0 Å². The zero-order valence-corrected chi connectivity index (χ0v) is 15.8. The number of hydrogen-bond acceptors (Lipinski definition) is 2. The summed E-state index contributed by atoms with van der Waals surface area (Å²) in [7, 11) is 0. The molecule has 0 bridgehead atoms. The van der Waals surface area contributed by atoms with Crippen LogP contribution in [-0.2, 0) is 9.59 Å². The van der Waals surface area contributed by atoms with Gasteiger partial charge in [0.2, 0.25) is 0 Å². The highest BCUT2D eigenvalue weighted by molar-refractivity contribution is 9.10. The van der Waals surface area contributed by atoms with E-state index in [-0.39, 0.29) is 5.92 Å². The molecule has 2 aromatic rings. The van der Waals surface area contributed by atoms with E-state index in [9.17, 15) is 9.59 Å². The molecule has 0 heterocycles. The average Bonchev–Trinajstić information content (AvgIpc) is 2.51. The minimum Gasteiger partial charge on any atom is -0.318 e. The first kappa shape index (κ1) is 18.2. The van der Waals surface area contributed by atoms with Crippen molar-refractivity contribution < 1.29 is 9.59 Å². The molecule has 5 heteroatoms. The highest BCUT2D eigenvalue weighted by Crippen LogP contribution is 2.27. The topological polar surface area (TPSA) is 58.2 Å². The van der Waals surface area contributed by atoms with E-state index in [4.69, 9.17) is 0 Å². The summed E-state index contributed by atoms with van der Waals surface area (Å²) in [5.41, 5.74) is 4.15. The summed E-state index contributed by atoms with van der Waals surface area (Å²) in [6.45, 7) is 7.89. The molecule has 126 valence electrons. The summed E-state index contributed by atoms with van der Waals surface area (Å²) in [5.74, 6) is -1.11. The Hall–Kier alpha value is -2.14. The van der Waals surface area contributed by atoms with Gasteiger partial charge in [-0.25, -0.2) is 0 Å².